The van der Waals surface area contributed by atoms with E-state index in [1.54, 1.807) is 7.11 Å². The molecular formula is C22H31BO6. The van der Waals surface area contributed by atoms with Gasteiger partial charge in [-0.05, 0) is 66.3 Å². The molecule has 0 unspecified atom stereocenters. The Morgan fingerprint density at radius 2 is 1.86 bits per heavy atom. The first-order chi connectivity index (χ1) is 13.5. The van der Waals surface area contributed by atoms with E-state index in [1.807, 2.05) is 41.5 Å². The molecule has 158 valence electrons. The molecule has 1 N–H and O–H groups in total. The van der Waals surface area contributed by atoms with Gasteiger partial charge in [-0.15, -0.1) is 0 Å². The second kappa shape index (κ2) is 7.69. The fourth-order valence-electron chi connectivity index (χ4n) is 3.83. The number of fused-ring (bicyclic) bond motifs is 1. The first-order valence-corrected chi connectivity index (χ1v) is 10.1. The van der Waals surface area contributed by atoms with Crippen molar-refractivity contribution in [3.8, 4) is 11.5 Å². The molecule has 0 atom stereocenters. The predicted octanol–water partition coefficient (Wildman–Crippen LogP) is 4.35. The third kappa shape index (κ3) is 3.90. The molecule has 6 nitrogen and oxygen atoms in total. The molecule has 2 aliphatic heterocycles. The molecule has 0 radical (unpaired) electrons. The van der Waals surface area contributed by atoms with Gasteiger partial charge in [0.15, 0.2) is 0 Å². The Labute approximate surface area is 173 Å². The number of esters is 1. The molecule has 0 aliphatic carbocycles. The monoisotopic (exact) mass is 402 g/mol. The number of hydrogen-bond donors (Lipinski definition) is 1. The van der Waals surface area contributed by atoms with Crippen LogP contribution in [0.3, 0.4) is 0 Å². The molecule has 0 saturated carbocycles. The zero-order valence-electron chi connectivity index (χ0n) is 18.5. The van der Waals surface area contributed by atoms with E-state index in [9.17, 15) is 9.90 Å². The van der Waals surface area contributed by atoms with Crippen LogP contribution in [-0.2, 0) is 27.1 Å². The van der Waals surface area contributed by atoms with E-state index in [-0.39, 0.29) is 36.2 Å². The lowest BCUT2D eigenvalue weighted by atomic mass is 9.81. The number of benzene rings is 1. The average Bonchev–Trinajstić information content (AvgIpc) is 3.11. The lowest BCUT2D eigenvalue weighted by Gasteiger charge is -2.32. The summed E-state index contributed by atoms with van der Waals surface area (Å²) in [7, 11) is 1.34. The van der Waals surface area contributed by atoms with E-state index < -0.39 is 5.97 Å². The van der Waals surface area contributed by atoms with E-state index in [0.29, 0.717) is 23.3 Å². The number of hydrogen-bond acceptors (Lipinski definition) is 6. The van der Waals surface area contributed by atoms with Gasteiger partial charge in [-0.1, -0.05) is 11.6 Å². The number of allylic oxidation sites excluding steroid dienone is 2. The van der Waals surface area contributed by atoms with Crippen molar-refractivity contribution >= 4 is 13.1 Å². The zero-order chi connectivity index (χ0) is 21.6. The van der Waals surface area contributed by atoms with Crippen molar-refractivity contribution in [3.63, 3.8) is 0 Å². The highest BCUT2D eigenvalue weighted by molar-refractivity contribution is 6.45. The van der Waals surface area contributed by atoms with E-state index in [2.05, 4.69) is 6.08 Å². The van der Waals surface area contributed by atoms with Crippen LogP contribution >= 0.6 is 0 Å². The Balaban J connectivity index is 1.72. The number of phenols is 1. The standard InChI is InChI=1S/C22H31BO6/c1-13(10-11-23-28-21(3,4)22(5,6)29-23)8-9-15-18(24)17-16(12-27-20(17)25)14(2)19(15)26-7/h8,24H,9-12H2,1-7H3. The molecule has 3 rings (SSSR count). The van der Waals surface area contributed by atoms with Crippen molar-refractivity contribution in [2.45, 2.75) is 78.5 Å². The normalized spacial score (nSPS) is 20.0. The predicted molar refractivity (Wildman–Crippen MR) is 111 cm³/mol. The highest BCUT2D eigenvalue weighted by Gasteiger charge is 2.50. The number of cyclic esters (lactones) is 1. The number of rotatable bonds is 6. The summed E-state index contributed by atoms with van der Waals surface area (Å²) < 4.78 is 22.7. The van der Waals surface area contributed by atoms with Gasteiger partial charge in [0.05, 0.1) is 18.3 Å². The van der Waals surface area contributed by atoms with Crippen LogP contribution in [0.4, 0.5) is 0 Å². The van der Waals surface area contributed by atoms with Crippen LogP contribution in [0.25, 0.3) is 0 Å². The van der Waals surface area contributed by atoms with Crippen molar-refractivity contribution in [1.82, 2.24) is 0 Å². The summed E-state index contributed by atoms with van der Waals surface area (Å²) >= 11 is 0. The fourth-order valence-corrected chi connectivity index (χ4v) is 3.83. The maximum Gasteiger partial charge on any atom is 0.458 e. The first-order valence-electron chi connectivity index (χ1n) is 10.1. The van der Waals surface area contributed by atoms with E-state index in [4.69, 9.17) is 18.8 Å². The first kappa shape index (κ1) is 21.7. The number of methoxy groups -OCH3 is 1. The second-order valence-corrected chi connectivity index (χ2v) is 8.89. The summed E-state index contributed by atoms with van der Waals surface area (Å²) in [6.45, 7) is 12.3. The van der Waals surface area contributed by atoms with Crippen LogP contribution in [0, 0.1) is 6.92 Å². The highest BCUT2D eigenvalue weighted by Crippen LogP contribution is 2.42. The Kier molecular flexibility index (Phi) is 5.76. The maximum absolute atomic E-state index is 12.0. The molecule has 1 aromatic carbocycles. The minimum atomic E-state index is -0.481. The largest absolute Gasteiger partial charge is 0.507 e. The van der Waals surface area contributed by atoms with Crippen molar-refractivity contribution in [2.75, 3.05) is 7.11 Å². The molecular weight excluding hydrogens is 371 g/mol. The molecule has 0 bridgehead atoms. The number of ether oxygens (including phenoxy) is 2. The van der Waals surface area contributed by atoms with Gasteiger partial charge in [-0.2, -0.15) is 0 Å². The van der Waals surface area contributed by atoms with Crippen LogP contribution in [-0.4, -0.2) is 36.5 Å². The molecule has 7 heteroatoms. The molecule has 2 aliphatic rings. The Morgan fingerprint density at radius 3 is 2.45 bits per heavy atom. The molecule has 1 fully saturated rings. The summed E-state index contributed by atoms with van der Waals surface area (Å²) in [6.07, 6.45) is 4.08. The van der Waals surface area contributed by atoms with Crippen LogP contribution in [0.15, 0.2) is 11.6 Å². The van der Waals surface area contributed by atoms with Gasteiger partial charge in [-0.3, -0.25) is 0 Å². The molecule has 2 heterocycles. The van der Waals surface area contributed by atoms with Gasteiger partial charge in [0, 0.05) is 11.1 Å². The summed E-state index contributed by atoms with van der Waals surface area (Å²) in [5.41, 5.74) is 2.91. The van der Waals surface area contributed by atoms with Gasteiger partial charge in [0.25, 0.3) is 0 Å². The number of aromatic hydroxyl groups is 1. The van der Waals surface area contributed by atoms with Crippen molar-refractivity contribution in [2.24, 2.45) is 0 Å². The van der Waals surface area contributed by atoms with Gasteiger partial charge in [-0.25, -0.2) is 4.79 Å². The Bertz CT molecular complexity index is 840. The van der Waals surface area contributed by atoms with E-state index >= 15 is 0 Å². The van der Waals surface area contributed by atoms with Crippen LogP contribution in [0.1, 0.15) is 68.1 Å². The molecule has 0 amide bonds. The second-order valence-electron chi connectivity index (χ2n) is 8.89. The minimum Gasteiger partial charge on any atom is -0.507 e. The SMILES string of the molecule is COc1c(C)c2c(c(O)c1CC=C(C)CCB1OC(C)(C)C(C)(C)O1)C(=O)OC2. The zero-order valence-corrected chi connectivity index (χ0v) is 18.5. The minimum absolute atomic E-state index is 0.0417. The number of carbonyl (C=O) groups excluding carboxylic acids is 1. The lowest BCUT2D eigenvalue weighted by molar-refractivity contribution is 0.00578. The Hall–Kier alpha value is -1.99. The molecule has 0 aromatic heterocycles. The molecule has 1 aromatic rings. The summed E-state index contributed by atoms with van der Waals surface area (Å²) in [5.74, 6) is 0.0838. The van der Waals surface area contributed by atoms with Crippen LogP contribution < -0.4 is 4.74 Å². The smallest absolute Gasteiger partial charge is 0.458 e. The van der Waals surface area contributed by atoms with Gasteiger partial charge >= 0.3 is 13.1 Å². The van der Waals surface area contributed by atoms with Crippen molar-refractivity contribution in [1.29, 1.82) is 0 Å². The van der Waals surface area contributed by atoms with Gasteiger partial charge < -0.3 is 23.9 Å². The van der Waals surface area contributed by atoms with E-state index in [0.717, 1.165) is 23.9 Å². The molecule has 29 heavy (non-hydrogen) atoms. The number of phenolic OH excluding ortho intramolecular Hbond substituents is 1. The topological polar surface area (TPSA) is 74.2 Å². The summed E-state index contributed by atoms with van der Waals surface area (Å²) in [4.78, 5) is 12.0. The molecule has 0 spiro atoms. The summed E-state index contributed by atoms with van der Waals surface area (Å²) in [5, 5.41) is 10.7. The van der Waals surface area contributed by atoms with Crippen molar-refractivity contribution < 1.29 is 28.7 Å². The molecule has 1 saturated heterocycles. The van der Waals surface area contributed by atoms with Crippen molar-refractivity contribution in [3.05, 3.63) is 33.9 Å². The van der Waals surface area contributed by atoms with Crippen LogP contribution in [0.5, 0.6) is 11.5 Å². The average molecular weight is 402 g/mol. The third-order valence-corrected chi connectivity index (χ3v) is 6.38. The Morgan fingerprint density at radius 1 is 1.24 bits per heavy atom. The summed E-state index contributed by atoms with van der Waals surface area (Å²) in [6, 6.07) is 0. The highest BCUT2D eigenvalue weighted by atomic mass is 16.7. The third-order valence-electron chi connectivity index (χ3n) is 6.38. The van der Waals surface area contributed by atoms with Crippen LogP contribution in [0.2, 0.25) is 6.32 Å². The lowest BCUT2D eigenvalue weighted by Crippen LogP contribution is -2.41. The quantitative estimate of drug-likeness (QED) is 0.433. The number of carbonyl (C=O) groups is 1. The van der Waals surface area contributed by atoms with E-state index in [1.165, 1.54) is 0 Å². The fraction of sp³-hybridized carbons (Fsp3) is 0.591. The van der Waals surface area contributed by atoms with Gasteiger partial charge in [0.1, 0.15) is 23.7 Å². The van der Waals surface area contributed by atoms with Gasteiger partial charge in [0.2, 0.25) is 0 Å². The maximum atomic E-state index is 12.0.